The molecule has 0 spiro atoms. The molecule has 1 aliphatic heterocycles. The van der Waals surface area contributed by atoms with E-state index in [1.54, 1.807) is 6.07 Å². The first-order valence-electron chi connectivity index (χ1n) is 9.36. The van der Waals surface area contributed by atoms with Gasteiger partial charge in [-0.25, -0.2) is 4.39 Å². The number of rotatable bonds is 6. The van der Waals surface area contributed by atoms with Gasteiger partial charge in [0.1, 0.15) is 5.82 Å². The molecule has 0 atom stereocenters. The predicted octanol–water partition coefficient (Wildman–Crippen LogP) is 3.26. The number of aryl methyl sites for hydroxylation is 1. The van der Waals surface area contributed by atoms with Crippen molar-refractivity contribution in [2.24, 2.45) is 5.92 Å². The summed E-state index contributed by atoms with van der Waals surface area (Å²) in [7, 11) is 0. The molecule has 1 heterocycles. The zero-order valence-electron chi connectivity index (χ0n) is 15.3. The number of amides is 2. The lowest BCUT2D eigenvalue weighted by atomic mass is 10.0. The zero-order valence-corrected chi connectivity index (χ0v) is 15.3. The Hall–Kier alpha value is -1.91. The van der Waals surface area contributed by atoms with Crippen LogP contribution in [0.1, 0.15) is 45.1 Å². The molecule has 0 N–H and O–H groups in total. The van der Waals surface area contributed by atoms with Crippen molar-refractivity contribution >= 4 is 11.8 Å². The van der Waals surface area contributed by atoms with Gasteiger partial charge < -0.3 is 9.80 Å². The van der Waals surface area contributed by atoms with E-state index in [1.165, 1.54) is 12.1 Å². The van der Waals surface area contributed by atoms with Gasteiger partial charge in [0.25, 0.3) is 0 Å². The highest BCUT2D eigenvalue weighted by molar-refractivity contribution is 5.79. The summed E-state index contributed by atoms with van der Waals surface area (Å²) in [4.78, 5) is 28.7. The normalized spacial score (nSPS) is 15.4. The fourth-order valence-corrected chi connectivity index (χ4v) is 3.39. The van der Waals surface area contributed by atoms with Gasteiger partial charge in [-0.2, -0.15) is 0 Å². The van der Waals surface area contributed by atoms with E-state index < -0.39 is 0 Å². The van der Waals surface area contributed by atoms with E-state index in [0.29, 0.717) is 32.5 Å². The van der Waals surface area contributed by atoms with Gasteiger partial charge >= 0.3 is 0 Å². The van der Waals surface area contributed by atoms with Gasteiger partial charge in [0.15, 0.2) is 0 Å². The number of nitrogens with zero attached hydrogens (tertiary/aromatic N) is 2. The third kappa shape index (κ3) is 5.55. The number of benzene rings is 1. The molecule has 1 aromatic rings. The highest BCUT2D eigenvalue weighted by Gasteiger charge is 2.25. The van der Waals surface area contributed by atoms with E-state index in [-0.39, 0.29) is 23.5 Å². The van der Waals surface area contributed by atoms with Crippen molar-refractivity contribution in [2.45, 2.75) is 46.0 Å². The molecule has 1 aromatic carbocycles. The summed E-state index contributed by atoms with van der Waals surface area (Å²) in [5.41, 5.74) is 0.841. The Morgan fingerprint density at radius 3 is 2.44 bits per heavy atom. The van der Waals surface area contributed by atoms with Crippen molar-refractivity contribution in [3.63, 3.8) is 0 Å². The Morgan fingerprint density at radius 1 is 1.08 bits per heavy atom. The summed E-state index contributed by atoms with van der Waals surface area (Å²) in [6, 6.07) is 6.40. The van der Waals surface area contributed by atoms with Gasteiger partial charge in [0.05, 0.1) is 0 Å². The van der Waals surface area contributed by atoms with Crippen molar-refractivity contribution in [2.75, 3.05) is 26.2 Å². The van der Waals surface area contributed by atoms with Crippen LogP contribution in [-0.2, 0) is 16.0 Å². The SMILES string of the molecule is CCC(CC)C(=O)N1CCCN(C(=O)CCc2cccc(F)c2)CC1. The minimum Gasteiger partial charge on any atom is -0.341 e. The van der Waals surface area contributed by atoms with Crippen molar-refractivity contribution in [3.05, 3.63) is 35.6 Å². The Bertz CT molecular complexity index is 587. The maximum absolute atomic E-state index is 13.2. The Kier molecular flexibility index (Phi) is 7.41. The fraction of sp³-hybridized carbons (Fsp3) is 0.600. The molecule has 0 bridgehead atoms. The molecule has 0 aliphatic carbocycles. The summed E-state index contributed by atoms with van der Waals surface area (Å²) >= 11 is 0. The van der Waals surface area contributed by atoms with Gasteiger partial charge in [0, 0.05) is 38.5 Å². The second-order valence-electron chi connectivity index (χ2n) is 6.70. The first kappa shape index (κ1) is 19.4. The maximum atomic E-state index is 13.2. The second kappa shape index (κ2) is 9.54. The van der Waals surface area contributed by atoms with E-state index in [0.717, 1.165) is 31.4 Å². The number of carbonyl (C=O) groups is 2. The van der Waals surface area contributed by atoms with Crippen LogP contribution in [0.15, 0.2) is 24.3 Å². The molecule has 0 unspecified atom stereocenters. The third-order valence-electron chi connectivity index (χ3n) is 5.01. The quantitative estimate of drug-likeness (QED) is 0.792. The third-order valence-corrected chi connectivity index (χ3v) is 5.01. The average Bonchev–Trinajstić information content (AvgIpc) is 2.87. The highest BCUT2D eigenvalue weighted by Crippen LogP contribution is 2.15. The number of halogens is 1. The minimum atomic E-state index is -0.268. The van der Waals surface area contributed by atoms with Gasteiger partial charge in [-0.05, 0) is 43.4 Å². The highest BCUT2D eigenvalue weighted by atomic mass is 19.1. The lowest BCUT2D eigenvalue weighted by Gasteiger charge is -2.25. The van der Waals surface area contributed by atoms with E-state index in [9.17, 15) is 14.0 Å². The summed E-state index contributed by atoms with van der Waals surface area (Å²) in [6.07, 6.45) is 3.47. The maximum Gasteiger partial charge on any atom is 0.225 e. The van der Waals surface area contributed by atoms with Crippen LogP contribution in [0.5, 0.6) is 0 Å². The molecule has 4 nitrogen and oxygen atoms in total. The molecule has 2 rings (SSSR count). The van der Waals surface area contributed by atoms with Crippen LogP contribution in [0.3, 0.4) is 0 Å². The van der Waals surface area contributed by atoms with Crippen LogP contribution >= 0.6 is 0 Å². The van der Waals surface area contributed by atoms with Gasteiger partial charge in [-0.1, -0.05) is 26.0 Å². The monoisotopic (exact) mass is 348 g/mol. The number of carbonyl (C=O) groups excluding carboxylic acids is 2. The molecule has 138 valence electrons. The van der Waals surface area contributed by atoms with E-state index >= 15 is 0 Å². The van der Waals surface area contributed by atoms with Crippen molar-refractivity contribution in [1.82, 2.24) is 9.80 Å². The van der Waals surface area contributed by atoms with Gasteiger partial charge in [-0.15, -0.1) is 0 Å². The Balaban J connectivity index is 1.85. The van der Waals surface area contributed by atoms with Crippen LogP contribution < -0.4 is 0 Å². The fourth-order valence-electron chi connectivity index (χ4n) is 3.39. The average molecular weight is 348 g/mol. The number of hydrogen-bond acceptors (Lipinski definition) is 2. The molecule has 1 fully saturated rings. The second-order valence-corrected chi connectivity index (χ2v) is 6.70. The van der Waals surface area contributed by atoms with Crippen LogP contribution in [0.2, 0.25) is 0 Å². The minimum absolute atomic E-state index is 0.0843. The first-order valence-corrected chi connectivity index (χ1v) is 9.36. The van der Waals surface area contributed by atoms with Gasteiger partial charge in [-0.3, -0.25) is 9.59 Å². The first-order chi connectivity index (χ1) is 12.0. The molecule has 1 aliphatic rings. The molecule has 1 saturated heterocycles. The molecule has 0 radical (unpaired) electrons. The molecule has 2 amide bonds. The standard InChI is InChI=1S/C20H29FN2O2/c1-3-17(4-2)20(25)23-12-6-11-22(13-14-23)19(24)10-9-16-7-5-8-18(21)15-16/h5,7-8,15,17H,3-4,6,9-14H2,1-2H3. The van der Waals surface area contributed by atoms with Crippen LogP contribution in [0, 0.1) is 11.7 Å². The molecular formula is C20H29FN2O2. The smallest absolute Gasteiger partial charge is 0.225 e. The summed E-state index contributed by atoms with van der Waals surface area (Å²) < 4.78 is 13.2. The molecule has 0 saturated carbocycles. The largest absolute Gasteiger partial charge is 0.341 e. The number of hydrogen-bond donors (Lipinski definition) is 0. The summed E-state index contributed by atoms with van der Waals surface area (Å²) in [5, 5.41) is 0. The van der Waals surface area contributed by atoms with Crippen LogP contribution in [0.25, 0.3) is 0 Å². The van der Waals surface area contributed by atoms with Gasteiger partial charge in [0.2, 0.25) is 11.8 Å². The lowest BCUT2D eigenvalue weighted by molar-refractivity contribution is -0.136. The van der Waals surface area contributed by atoms with Crippen molar-refractivity contribution in [3.8, 4) is 0 Å². The van der Waals surface area contributed by atoms with Crippen molar-refractivity contribution < 1.29 is 14.0 Å². The molecular weight excluding hydrogens is 319 g/mol. The van der Waals surface area contributed by atoms with E-state index in [1.807, 2.05) is 29.7 Å². The lowest BCUT2D eigenvalue weighted by Crippen LogP contribution is -2.39. The van der Waals surface area contributed by atoms with Crippen LogP contribution in [0.4, 0.5) is 4.39 Å². The predicted molar refractivity (Wildman–Crippen MR) is 96.6 cm³/mol. The summed E-state index contributed by atoms with van der Waals surface area (Å²) in [5.74, 6) is 0.130. The van der Waals surface area contributed by atoms with Crippen LogP contribution in [-0.4, -0.2) is 47.8 Å². The van der Waals surface area contributed by atoms with Crippen molar-refractivity contribution in [1.29, 1.82) is 0 Å². The Labute approximate surface area is 150 Å². The van der Waals surface area contributed by atoms with E-state index in [4.69, 9.17) is 0 Å². The molecule has 25 heavy (non-hydrogen) atoms. The molecule has 5 heteroatoms. The summed E-state index contributed by atoms with van der Waals surface area (Å²) in [6.45, 7) is 6.71. The van der Waals surface area contributed by atoms with E-state index in [2.05, 4.69) is 0 Å². The Morgan fingerprint density at radius 2 is 1.76 bits per heavy atom. The topological polar surface area (TPSA) is 40.6 Å². The zero-order chi connectivity index (χ0) is 18.2. The molecule has 0 aromatic heterocycles.